The summed E-state index contributed by atoms with van der Waals surface area (Å²) in [7, 11) is -3.73. The summed E-state index contributed by atoms with van der Waals surface area (Å²) in [5, 5.41) is 12.2. The van der Waals surface area contributed by atoms with Crippen LogP contribution in [-0.4, -0.2) is 30.4 Å². The van der Waals surface area contributed by atoms with Gasteiger partial charge in [-0.15, -0.1) is 22.7 Å². The van der Waals surface area contributed by atoms with E-state index in [-0.39, 0.29) is 22.9 Å². The van der Waals surface area contributed by atoms with E-state index in [0.29, 0.717) is 23.2 Å². The normalized spacial score (nSPS) is 11.6. The Morgan fingerprint density at radius 2 is 1.94 bits per heavy atom. The number of benzene rings is 1. The Hall–Kier alpha value is -2.86. The van der Waals surface area contributed by atoms with Crippen molar-refractivity contribution in [3.05, 3.63) is 69.4 Å². The molecular formula is C20H18N4O4S3. The van der Waals surface area contributed by atoms with Gasteiger partial charge in [-0.3, -0.25) is 14.2 Å². The van der Waals surface area contributed by atoms with Crippen molar-refractivity contribution in [2.24, 2.45) is 5.14 Å². The highest BCUT2D eigenvalue weighted by Crippen LogP contribution is 2.33. The minimum atomic E-state index is -3.73. The number of sulfonamides is 1. The van der Waals surface area contributed by atoms with Gasteiger partial charge in [-0.1, -0.05) is 18.2 Å². The van der Waals surface area contributed by atoms with Crippen molar-refractivity contribution in [3.63, 3.8) is 0 Å². The maximum atomic E-state index is 12.9. The molecule has 0 saturated carbocycles. The first-order valence-corrected chi connectivity index (χ1v) is 12.5. The molecule has 4 rings (SSSR count). The van der Waals surface area contributed by atoms with E-state index in [1.165, 1.54) is 34.4 Å². The molecule has 0 fully saturated rings. The average molecular weight is 475 g/mol. The van der Waals surface area contributed by atoms with Crippen LogP contribution in [0.5, 0.6) is 0 Å². The van der Waals surface area contributed by atoms with Crippen molar-refractivity contribution in [2.75, 3.05) is 6.54 Å². The Bertz CT molecular complexity index is 1390. The average Bonchev–Trinajstić information content (AvgIpc) is 3.39. The zero-order valence-electron chi connectivity index (χ0n) is 16.1. The first kappa shape index (κ1) is 21.4. The zero-order valence-corrected chi connectivity index (χ0v) is 18.6. The number of thiophene rings is 2. The number of aromatic nitrogens is 2. The lowest BCUT2D eigenvalue weighted by Gasteiger charge is -2.08. The number of hydrogen-bond donors (Lipinski definition) is 2. The second kappa shape index (κ2) is 8.71. The summed E-state index contributed by atoms with van der Waals surface area (Å²) < 4.78 is 23.9. The van der Waals surface area contributed by atoms with Crippen LogP contribution in [0.4, 0.5) is 0 Å². The van der Waals surface area contributed by atoms with Crippen LogP contribution < -0.4 is 16.0 Å². The lowest BCUT2D eigenvalue weighted by molar-refractivity contribution is -0.121. The van der Waals surface area contributed by atoms with Gasteiger partial charge >= 0.3 is 0 Å². The molecule has 3 aromatic heterocycles. The molecule has 0 radical (unpaired) electrons. The summed E-state index contributed by atoms with van der Waals surface area (Å²) in [6.45, 7) is 0.211. The van der Waals surface area contributed by atoms with E-state index in [9.17, 15) is 18.0 Å². The van der Waals surface area contributed by atoms with Gasteiger partial charge in [0.05, 0.1) is 16.6 Å². The third kappa shape index (κ3) is 4.74. The summed E-state index contributed by atoms with van der Waals surface area (Å²) in [5.41, 5.74) is 1.44. The van der Waals surface area contributed by atoms with Gasteiger partial charge in [-0.25, -0.2) is 18.5 Å². The predicted octanol–water partition coefficient (Wildman–Crippen LogP) is 2.19. The number of carbonyl (C=O) groups excluding carboxylic acids is 1. The predicted molar refractivity (Wildman–Crippen MR) is 122 cm³/mol. The molecule has 4 aromatic rings. The zero-order chi connectivity index (χ0) is 22.0. The van der Waals surface area contributed by atoms with Crippen LogP contribution in [0.1, 0.15) is 5.56 Å². The molecule has 0 spiro atoms. The van der Waals surface area contributed by atoms with E-state index in [0.717, 1.165) is 16.0 Å². The van der Waals surface area contributed by atoms with Crippen molar-refractivity contribution in [1.29, 1.82) is 0 Å². The van der Waals surface area contributed by atoms with Crippen LogP contribution >= 0.6 is 22.7 Å². The Morgan fingerprint density at radius 1 is 1.16 bits per heavy atom. The van der Waals surface area contributed by atoms with Crippen LogP contribution in [0.3, 0.4) is 0 Å². The van der Waals surface area contributed by atoms with E-state index in [2.05, 4.69) is 10.3 Å². The molecule has 0 aliphatic rings. The molecule has 0 aliphatic heterocycles. The van der Waals surface area contributed by atoms with Crippen LogP contribution in [0.2, 0.25) is 0 Å². The molecule has 31 heavy (non-hydrogen) atoms. The number of nitrogens with two attached hydrogens (primary N) is 1. The maximum Gasteiger partial charge on any atom is 0.263 e. The molecule has 0 bridgehead atoms. The van der Waals surface area contributed by atoms with E-state index in [1.54, 1.807) is 23.5 Å². The molecule has 160 valence electrons. The molecule has 3 heterocycles. The van der Waals surface area contributed by atoms with Gasteiger partial charge in [0.15, 0.2) is 0 Å². The second-order valence-electron chi connectivity index (χ2n) is 6.77. The van der Waals surface area contributed by atoms with Gasteiger partial charge in [0.25, 0.3) is 5.56 Å². The highest BCUT2D eigenvalue weighted by molar-refractivity contribution is 7.89. The Balaban J connectivity index is 1.41. The van der Waals surface area contributed by atoms with Crippen molar-refractivity contribution < 1.29 is 13.2 Å². The molecule has 11 heteroatoms. The summed E-state index contributed by atoms with van der Waals surface area (Å²) in [6.07, 6.45) is 1.90. The quantitative estimate of drug-likeness (QED) is 0.425. The first-order chi connectivity index (χ1) is 14.8. The molecule has 3 N–H and O–H groups in total. The lowest BCUT2D eigenvalue weighted by Crippen LogP contribution is -2.33. The summed E-state index contributed by atoms with van der Waals surface area (Å²) >= 11 is 2.95. The van der Waals surface area contributed by atoms with Crippen LogP contribution in [0, 0.1) is 0 Å². The van der Waals surface area contributed by atoms with Crippen LogP contribution in [0.15, 0.2) is 63.2 Å². The number of amides is 1. The van der Waals surface area contributed by atoms with E-state index < -0.39 is 10.0 Å². The Labute approximate surface area is 186 Å². The van der Waals surface area contributed by atoms with Gasteiger partial charge < -0.3 is 5.32 Å². The minimum absolute atomic E-state index is 0.0397. The van der Waals surface area contributed by atoms with E-state index in [4.69, 9.17) is 5.14 Å². The molecule has 1 aromatic carbocycles. The van der Waals surface area contributed by atoms with Crippen LogP contribution in [0.25, 0.3) is 20.7 Å². The topological polar surface area (TPSA) is 124 Å². The van der Waals surface area contributed by atoms with E-state index >= 15 is 0 Å². The van der Waals surface area contributed by atoms with Crippen LogP contribution in [-0.2, 0) is 27.8 Å². The molecule has 8 nitrogen and oxygen atoms in total. The van der Waals surface area contributed by atoms with Gasteiger partial charge in [0.2, 0.25) is 15.9 Å². The summed E-state index contributed by atoms with van der Waals surface area (Å²) in [6, 6.07) is 10.0. The smallest absolute Gasteiger partial charge is 0.263 e. The number of nitrogens with zero attached hydrogens (tertiary/aromatic N) is 2. The number of fused-ring (bicyclic) bond motifs is 1. The largest absolute Gasteiger partial charge is 0.354 e. The minimum Gasteiger partial charge on any atom is -0.354 e. The Kier molecular flexibility index (Phi) is 6.01. The van der Waals surface area contributed by atoms with Crippen molar-refractivity contribution in [2.45, 2.75) is 17.9 Å². The van der Waals surface area contributed by atoms with Gasteiger partial charge in [-0.05, 0) is 35.6 Å². The molecule has 0 aliphatic carbocycles. The number of carbonyl (C=O) groups is 1. The SMILES string of the molecule is NS(=O)(=O)c1ccc(CCNC(=O)Cn2cnc3scc(-c4cccs4)c3c2=O)cc1. The molecule has 0 atom stereocenters. The highest BCUT2D eigenvalue weighted by atomic mass is 32.2. The van der Waals surface area contributed by atoms with Gasteiger partial charge in [0.1, 0.15) is 11.4 Å². The fourth-order valence-electron chi connectivity index (χ4n) is 3.10. The monoisotopic (exact) mass is 474 g/mol. The second-order valence-corrected chi connectivity index (χ2v) is 10.1. The summed E-state index contributed by atoms with van der Waals surface area (Å²) in [4.78, 5) is 31.3. The van der Waals surface area contributed by atoms with Crippen molar-refractivity contribution >= 4 is 48.8 Å². The fourth-order valence-corrected chi connectivity index (χ4v) is 5.33. The third-order valence-corrected chi connectivity index (χ3v) is 7.37. The standard InChI is InChI=1S/C20H18N4O4S3/c21-31(27,28)14-5-3-13(4-6-14)7-8-22-17(25)10-24-12-23-19-18(20(24)26)15(11-30-19)16-2-1-9-29-16/h1-6,9,11-12H,7-8,10H2,(H,22,25)(H2,21,27,28). The number of primary sulfonamides is 1. The number of nitrogens with one attached hydrogen (secondary N) is 1. The van der Waals surface area contributed by atoms with Crippen molar-refractivity contribution in [1.82, 2.24) is 14.9 Å². The third-order valence-electron chi connectivity index (χ3n) is 4.65. The highest BCUT2D eigenvalue weighted by Gasteiger charge is 2.15. The van der Waals surface area contributed by atoms with Gasteiger partial charge in [-0.2, -0.15) is 0 Å². The lowest BCUT2D eigenvalue weighted by atomic mass is 10.1. The molecule has 0 unspecified atom stereocenters. The Morgan fingerprint density at radius 3 is 2.61 bits per heavy atom. The fraction of sp³-hybridized carbons (Fsp3) is 0.150. The number of hydrogen-bond acceptors (Lipinski definition) is 7. The van der Waals surface area contributed by atoms with Gasteiger partial charge in [0, 0.05) is 22.4 Å². The summed E-state index contributed by atoms with van der Waals surface area (Å²) in [5.74, 6) is -0.308. The number of rotatable bonds is 7. The first-order valence-electron chi connectivity index (χ1n) is 9.22. The molecular weight excluding hydrogens is 456 g/mol. The molecule has 0 saturated heterocycles. The van der Waals surface area contributed by atoms with Crippen molar-refractivity contribution in [3.8, 4) is 10.4 Å². The molecule has 1 amide bonds. The van der Waals surface area contributed by atoms with E-state index in [1.807, 2.05) is 22.9 Å². The maximum absolute atomic E-state index is 12.9.